The first-order chi connectivity index (χ1) is 8.47. The Kier molecular flexibility index (Phi) is 3.34. The molecule has 92 valence electrons. The summed E-state index contributed by atoms with van der Waals surface area (Å²) < 4.78 is 13.3. The average Bonchev–Trinajstić information content (AvgIpc) is 2.27. The molecule has 0 saturated heterocycles. The Balaban J connectivity index is 2.62. The number of carboxylic acid groups (broad SMARTS) is 1. The molecule has 4 heteroatoms. The zero-order chi connectivity index (χ0) is 13.3. The second kappa shape index (κ2) is 4.78. The summed E-state index contributed by atoms with van der Waals surface area (Å²) in [4.78, 5) is 10.9. The maximum Gasteiger partial charge on any atom is 0.335 e. The SMILES string of the molecule is Cc1ccc(C(=O)O)cc1-c1cc(F)cc(Cl)c1. The van der Waals surface area contributed by atoms with Gasteiger partial charge in [0.05, 0.1) is 5.56 Å². The average molecular weight is 265 g/mol. The third-order valence-corrected chi connectivity index (χ3v) is 2.88. The first-order valence-corrected chi connectivity index (χ1v) is 5.65. The maximum absolute atomic E-state index is 13.3. The highest BCUT2D eigenvalue weighted by molar-refractivity contribution is 6.30. The second-order valence-electron chi connectivity index (χ2n) is 3.99. The molecule has 0 radical (unpaired) electrons. The first kappa shape index (κ1) is 12.6. The van der Waals surface area contributed by atoms with Gasteiger partial charge in [0.1, 0.15) is 5.82 Å². The molecule has 0 bridgehead atoms. The molecule has 0 unspecified atom stereocenters. The Morgan fingerprint density at radius 2 is 1.94 bits per heavy atom. The Morgan fingerprint density at radius 3 is 2.56 bits per heavy atom. The molecule has 0 saturated carbocycles. The Labute approximate surface area is 109 Å². The molecule has 0 aromatic heterocycles. The van der Waals surface area contributed by atoms with E-state index in [0.29, 0.717) is 11.1 Å². The second-order valence-corrected chi connectivity index (χ2v) is 4.43. The summed E-state index contributed by atoms with van der Waals surface area (Å²) in [6, 6.07) is 8.88. The van der Waals surface area contributed by atoms with Crippen LogP contribution in [0.2, 0.25) is 5.02 Å². The zero-order valence-corrected chi connectivity index (χ0v) is 10.3. The topological polar surface area (TPSA) is 37.3 Å². The molecule has 2 aromatic rings. The van der Waals surface area contributed by atoms with Crippen LogP contribution in [0.1, 0.15) is 15.9 Å². The van der Waals surface area contributed by atoms with Crippen molar-refractivity contribution in [3.05, 3.63) is 58.4 Å². The number of aryl methyl sites for hydroxylation is 1. The number of carboxylic acids is 1. The fourth-order valence-electron chi connectivity index (χ4n) is 1.78. The Hall–Kier alpha value is -1.87. The third kappa shape index (κ3) is 2.51. The van der Waals surface area contributed by atoms with Gasteiger partial charge in [0, 0.05) is 5.02 Å². The van der Waals surface area contributed by atoms with Crippen LogP contribution in [-0.2, 0) is 0 Å². The summed E-state index contributed by atoms with van der Waals surface area (Å²) in [6.45, 7) is 1.83. The van der Waals surface area contributed by atoms with Gasteiger partial charge in [-0.15, -0.1) is 0 Å². The molecule has 0 aliphatic heterocycles. The largest absolute Gasteiger partial charge is 0.478 e. The molecular weight excluding hydrogens is 255 g/mol. The van der Waals surface area contributed by atoms with E-state index in [2.05, 4.69) is 0 Å². The molecule has 0 atom stereocenters. The van der Waals surface area contributed by atoms with Crippen LogP contribution in [0, 0.1) is 12.7 Å². The van der Waals surface area contributed by atoms with Crippen molar-refractivity contribution in [2.75, 3.05) is 0 Å². The minimum absolute atomic E-state index is 0.163. The van der Waals surface area contributed by atoms with E-state index in [1.54, 1.807) is 12.1 Å². The minimum Gasteiger partial charge on any atom is -0.478 e. The van der Waals surface area contributed by atoms with E-state index >= 15 is 0 Å². The van der Waals surface area contributed by atoms with Gasteiger partial charge < -0.3 is 5.11 Å². The van der Waals surface area contributed by atoms with Gasteiger partial charge in [-0.05, 0) is 53.9 Å². The van der Waals surface area contributed by atoms with E-state index in [4.69, 9.17) is 16.7 Å². The van der Waals surface area contributed by atoms with Crippen LogP contribution in [-0.4, -0.2) is 11.1 Å². The molecule has 0 heterocycles. The molecule has 0 aliphatic carbocycles. The lowest BCUT2D eigenvalue weighted by atomic mass is 9.98. The Bertz CT molecular complexity index is 603. The number of hydrogen-bond acceptors (Lipinski definition) is 1. The predicted octanol–water partition coefficient (Wildman–Crippen LogP) is 4.15. The van der Waals surface area contributed by atoms with Crippen LogP contribution >= 0.6 is 11.6 Å². The summed E-state index contributed by atoms with van der Waals surface area (Å²) in [5, 5.41) is 9.24. The van der Waals surface area contributed by atoms with Crippen LogP contribution < -0.4 is 0 Å². The predicted molar refractivity (Wildman–Crippen MR) is 68.5 cm³/mol. The summed E-state index contributed by atoms with van der Waals surface area (Å²) in [5.41, 5.74) is 2.26. The van der Waals surface area contributed by atoms with E-state index in [-0.39, 0.29) is 10.6 Å². The van der Waals surface area contributed by atoms with Gasteiger partial charge >= 0.3 is 5.97 Å². The molecule has 0 amide bonds. The van der Waals surface area contributed by atoms with Gasteiger partial charge in [-0.2, -0.15) is 0 Å². The fourth-order valence-corrected chi connectivity index (χ4v) is 2.00. The van der Waals surface area contributed by atoms with Crippen molar-refractivity contribution in [1.82, 2.24) is 0 Å². The summed E-state index contributed by atoms with van der Waals surface area (Å²) in [5.74, 6) is -1.46. The van der Waals surface area contributed by atoms with Gasteiger partial charge in [-0.3, -0.25) is 0 Å². The first-order valence-electron chi connectivity index (χ1n) is 5.28. The summed E-state index contributed by atoms with van der Waals surface area (Å²) >= 11 is 5.80. The molecule has 0 spiro atoms. The van der Waals surface area contributed by atoms with E-state index in [1.165, 1.54) is 24.3 Å². The fraction of sp³-hybridized carbons (Fsp3) is 0.0714. The lowest BCUT2D eigenvalue weighted by molar-refractivity contribution is 0.0697. The zero-order valence-electron chi connectivity index (χ0n) is 9.58. The van der Waals surface area contributed by atoms with Crippen molar-refractivity contribution in [1.29, 1.82) is 0 Å². The molecule has 0 fully saturated rings. The highest BCUT2D eigenvalue weighted by Gasteiger charge is 2.09. The number of benzene rings is 2. The minimum atomic E-state index is -1.02. The Morgan fingerprint density at radius 1 is 1.22 bits per heavy atom. The number of aromatic carboxylic acids is 1. The van der Waals surface area contributed by atoms with Gasteiger partial charge in [0.15, 0.2) is 0 Å². The van der Waals surface area contributed by atoms with Crippen molar-refractivity contribution in [3.8, 4) is 11.1 Å². The lowest BCUT2D eigenvalue weighted by Crippen LogP contribution is -1.97. The molecule has 0 aliphatic rings. The quantitative estimate of drug-likeness (QED) is 0.885. The molecule has 18 heavy (non-hydrogen) atoms. The van der Waals surface area contributed by atoms with E-state index in [9.17, 15) is 9.18 Å². The van der Waals surface area contributed by atoms with Crippen molar-refractivity contribution in [2.45, 2.75) is 6.92 Å². The van der Waals surface area contributed by atoms with Crippen molar-refractivity contribution < 1.29 is 14.3 Å². The number of halogens is 2. The highest BCUT2D eigenvalue weighted by Crippen LogP contribution is 2.28. The van der Waals surface area contributed by atoms with Gasteiger partial charge in [-0.25, -0.2) is 9.18 Å². The standard InChI is InChI=1S/C14H10ClFO2/c1-8-2-3-9(14(17)18)6-13(8)10-4-11(15)7-12(16)5-10/h2-7H,1H3,(H,17,18). The van der Waals surface area contributed by atoms with Crippen molar-refractivity contribution >= 4 is 17.6 Å². The molecular formula is C14H10ClFO2. The molecule has 2 aromatic carbocycles. The number of rotatable bonds is 2. The summed E-state index contributed by atoms with van der Waals surface area (Å²) in [7, 11) is 0. The van der Waals surface area contributed by atoms with E-state index < -0.39 is 11.8 Å². The summed E-state index contributed by atoms with van der Waals surface area (Å²) in [6.07, 6.45) is 0. The normalized spacial score (nSPS) is 10.4. The van der Waals surface area contributed by atoms with Crippen LogP contribution in [0.4, 0.5) is 4.39 Å². The molecule has 1 N–H and O–H groups in total. The van der Waals surface area contributed by atoms with Crippen LogP contribution in [0.15, 0.2) is 36.4 Å². The van der Waals surface area contributed by atoms with Crippen molar-refractivity contribution in [2.24, 2.45) is 0 Å². The molecule has 2 nitrogen and oxygen atoms in total. The number of hydrogen-bond donors (Lipinski definition) is 1. The van der Waals surface area contributed by atoms with Gasteiger partial charge in [-0.1, -0.05) is 17.7 Å². The van der Waals surface area contributed by atoms with Crippen LogP contribution in [0.3, 0.4) is 0 Å². The van der Waals surface area contributed by atoms with E-state index in [1.807, 2.05) is 6.92 Å². The van der Waals surface area contributed by atoms with Crippen LogP contribution in [0.25, 0.3) is 11.1 Å². The highest BCUT2D eigenvalue weighted by atomic mass is 35.5. The van der Waals surface area contributed by atoms with Gasteiger partial charge in [0.25, 0.3) is 0 Å². The number of carbonyl (C=O) groups is 1. The van der Waals surface area contributed by atoms with Crippen molar-refractivity contribution in [3.63, 3.8) is 0 Å². The van der Waals surface area contributed by atoms with E-state index in [0.717, 1.165) is 5.56 Å². The maximum atomic E-state index is 13.3. The third-order valence-electron chi connectivity index (χ3n) is 2.66. The van der Waals surface area contributed by atoms with Gasteiger partial charge in [0.2, 0.25) is 0 Å². The lowest BCUT2D eigenvalue weighted by Gasteiger charge is -2.08. The van der Waals surface area contributed by atoms with Crippen LogP contribution in [0.5, 0.6) is 0 Å². The smallest absolute Gasteiger partial charge is 0.335 e. The molecule has 2 rings (SSSR count). The monoisotopic (exact) mass is 264 g/mol.